The van der Waals surface area contributed by atoms with Crippen LogP contribution in [-0.2, 0) is 0 Å². The summed E-state index contributed by atoms with van der Waals surface area (Å²) in [6, 6.07) is 1.48. The molecule has 0 aromatic carbocycles. The number of carbonyl (C=O) groups is 1. The zero-order valence-electron chi connectivity index (χ0n) is 18.0. The number of urea groups is 1. The van der Waals surface area contributed by atoms with Crippen LogP contribution in [0, 0.1) is 23.5 Å². The standard InChI is InChI=1S/C23H25F2N7O/c24-13-8-14-16(10-27-20(14)26-9-13)21-28-11-17(25)22(31-21)29-18-6-12-5-15(18)19(7-12)30-23(33)32-3-1-2-4-32/h8-12,15,18-19H,1-7H2,(H,26,27)(H,30,33)(H,28,29,31)/t12?,15-,18?,19?/m1/s1. The van der Waals surface area contributed by atoms with E-state index in [1.807, 2.05) is 4.90 Å². The lowest BCUT2D eigenvalue weighted by Crippen LogP contribution is -2.49. The van der Waals surface area contributed by atoms with E-state index < -0.39 is 11.6 Å². The molecule has 1 saturated heterocycles. The van der Waals surface area contributed by atoms with Crippen molar-refractivity contribution in [2.24, 2.45) is 11.8 Å². The highest BCUT2D eigenvalue weighted by Crippen LogP contribution is 2.46. The highest BCUT2D eigenvalue weighted by molar-refractivity contribution is 5.91. The molecule has 3 aromatic rings. The second-order valence-corrected chi connectivity index (χ2v) is 9.38. The minimum Gasteiger partial charge on any atom is -0.364 e. The van der Waals surface area contributed by atoms with Gasteiger partial charge in [0, 0.05) is 42.3 Å². The number of aromatic nitrogens is 4. The summed E-state index contributed by atoms with van der Waals surface area (Å²) in [5.74, 6) is 0.144. The van der Waals surface area contributed by atoms with E-state index in [2.05, 4.69) is 30.6 Å². The van der Waals surface area contributed by atoms with Gasteiger partial charge in [-0.25, -0.2) is 28.5 Å². The Bertz CT molecular complexity index is 1210. The Morgan fingerprint density at radius 1 is 1.09 bits per heavy atom. The van der Waals surface area contributed by atoms with Crippen LogP contribution in [0.2, 0.25) is 0 Å². The van der Waals surface area contributed by atoms with Crippen molar-refractivity contribution in [3.8, 4) is 11.4 Å². The van der Waals surface area contributed by atoms with Crippen LogP contribution >= 0.6 is 0 Å². The van der Waals surface area contributed by atoms with Gasteiger partial charge in [-0.1, -0.05) is 0 Å². The number of anilines is 1. The number of H-pyrrole nitrogens is 1. The van der Waals surface area contributed by atoms with Gasteiger partial charge in [-0.2, -0.15) is 0 Å². The molecular weight excluding hydrogens is 428 g/mol. The first-order valence-electron chi connectivity index (χ1n) is 11.5. The van der Waals surface area contributed by atoms with Crippen molar-refractivity contribution in [3.63, 3.8) is 0 Å². The van der Waals surface area contributed by atoms with E-state index in [9.17, 15) is 13.6 Å². The molecule has 2 amide bonds. The third-order valence-electron chi connectivity index (χ3n) is 7.32. The molecular formula is C23H25F2N7O. The summed E-state index contributed by atoms with van der Waals surface area (Å²) in [6.45, 7) is 1.63. The van der Waals surface area contributed by atoms with E-state index in [1.165, 1.54) is 6.07 Å². The molecule has 3 unspecified atom stereocenters. The van der Waals surface area contributed by atoms with Crippen LogP contribution < -0.4 is 10.6 Å². The van der Waals surface area contributed by atoms with Crippen molar-refractivity contribution in [2.45, 2.75) is 44.2 Å². The summed E-state index contributed by atoms with van der Waals surface area (Å²) in [4.78, 5) is 30.0. The average Bonchev–Trinajstić information content (AvgIpc) is 3.59. The third-order valence-corrected chi connectivity index (χ3v) is 7.32. The van der Waals surface area contributed by atoms with Crippen molar-refractivity contribution in [3.05, 3.63) is 36.3 Å². The van der Waals surface area contributed by atoms with Gasteiger partial charge >= 0.3 is 6.03 Å². The Kier molecular flexibility index (Phi) is 4.88. The Balaban J connectivity index is 1.21. The Labute approximate surface area is 189 Å². The number of hydrogen-bond donors (Lipinski definition) is 3. The van der Waals surface area contributed by atoms with Gasteiger partial charge in [0.1, 0.15) is 11.5 Å². The number of halogens is 2. The highest BCUT2D eigenvalue weighted by Gasteiger charge is 2.47. The van der Waals surface area contributed by atoms with Crippen LogP contribution in [0.4, 0.5) is 19.4 Å². The minimum absolute atomic E-state index is 0.0134. The van der Waals surface area contributed by atoms with E-state index in [0.29, 0.717) is 28.3 Å². The molecule has 3 aromatic heterocycles. The molecule has 3 aliphatic rings. The Morgan fingerprint density at radius 2 is 1.91 bits per heavy atom. The van der Waals surface area contributed by atoms with Crippen LogP contribution in [0.1, 0.15) is 32.1 Å². The summed E-state index contributed by atoms with van der Waals surface area (Å²) in [5.41, 5.74) is 1.07. The predicted octanol–water partition coefficient (Wildman–Crippen LogP) is 3.68. The van der Waals surface area contributed by atoms with Crippen molar-refractivity contribution in [1.82, 2.24) is 30.2 Å². The first-order chi connectivity index (χ1) is 16.0. The second-order valence-electron chi connectivity index (χ2n) is 9.38. The smallest absolute Gasteiger partial charge is 0.317 e. The SMILES string of the molecule is O=C(NC1CC2CC(Nc3nc(-c4c[nH]c5ncc(F)cc45)ncc3F)[C@H]1C2)N1CCCC1. The maximum absolute atomic E-state index is 14.7. The lowest BCUT2D eigenvalue weighted by molar-refractivity contribution is 0.197. The molecule has 3 N–H and O–H groups in total. The van der Waals surface area contributed by atoms with Crippen LogP contribution in [0.3, 0.4) is 0 Å². The summed E-state index contributed by atoms with van der Waals surface area (Å²) in [5, 5.41) is 7.04. The fraction of sp³-hybridized carbons (Fsp3) is 0.478. The molecule has 10 heteroatoms. The summed E-state index contributed by atoms with van der Waals surface area (Å²) in [7, 11) is 0. The normalized spacial score (nSPS) is 26.3. The quantitative estimate of drug-likeness (QED) is 0.560. The molecule has 2 saturated carbocycles. The van der Waals surface area contributed by atoms with Crippen molar-refractivity contribution in [1.29, 1.82) is 0 Å². The van der Waals surface area contributed by atoms with Gasteiger partial charge in [-0.3, -0.25) is 0 Å². The number of hydrogen-bond acceptors (Lipinski definition) is 5. The van der Waals surface area contributed by atoms with E-state index in [1.54, 1.807) is 6.20 Å². The molecule has 172 valence electrons. The van der Waals surface area contributed by atoms with Gasteiger partial charge < -0.3 is 20.5 Å². The highest BCUT2D eigenvalue weighted by atomic mass is 19.1. The molecule has 1 aliphatic heterocycles. The van der Waals surface area contributed by atoms with E-state index >= 15 is 0 Å². The van der Waals surface area contributed by atoms with E-state index in [0.717, 1.165) is 57.6 Å². The van der Waals surface area contributed by atoms with Gasteiger partial charge in [0.2, 0.25) is 0 Å². The molecule has 33 heavy (non-hydrogen) atoms. The lowest BCUT2D eigenvalue weighted by Gasteiger charge is -2.32. The Hall–Kier alpha value is -3.30. The second kappa shape index (κ2) is 7.93. The van der Waals surface area contributed by atoms with Gasteiger partial charge in [0.05, 0.1) is 12.4 Å². The van der Waals surface area contributed by atoms with Crippen LogP contribution in [0.25, 0.3) is 22.4 Å². The number of pyridine rings is 1. The number of nitrogens with one attached hydrogen (secondary N) is 3. The van der Waals surface area contributed by atoms with Crippen LogP contribution in [0.15, 0.2) is 24.7 Å². The monoisotopic (exact) mass is 453 g/mol. The summed E-state index contributed by atoms with van der Waals surface area (Å²) in [6.07, 6.45) is 8.93. The van der Waals surface area contributed by atoms with E-state index in [4.69, 9.17) is 0 Å². The molecule has 0 spiro atoms. The lowest BCUT2D eigenvalue weighted by atomic mass is 9.90. The van der Waals surface area contributed by atoms with Crippen LogP contribution in [-0.4, -0.2) is 56.0 Å². The zero-order valence-corrected chi connectivity index (χ0v) is 18.0. The molecule has 8 nitrogen and oxygen atoms in total. The molecule has 4 heterocycles. The van der Waals surface area contributed by atoms with Gasteiger partial charge in [0.15, 0.2) is 17.5 Å². The minimum atomic E-state index is -0.539. The largest absolute Gasteiger partial charge is 0.364 e. The molecule has 3 fully saturated rings. The fourth-order valence-electron chi connectivity index (χ4n) is 5.79. The fourth-order valence-corrected chi connectivity index (χ4v) is 5.79. The molecule has 4 atom stereocenters. The summed E-state index contributed by atoms with van der Waals surface area (Å²) >= 11 is 0. The third kappa shape index (κ3) is 3.67. The topological polar surface area (TPSA) is 98.8 Å². The number of aromatic amines is 1. The first-order valence-corrected chi connectivity index (χ1v) is 11.5. The first kappa shape index (κ1) is 20.3. The van der Waals surface area contributed by atoms with Crippen LogP contribution in [0.5, 0.6) is 0 Å². The van der Waals surface area contributed by atoms with Crippen molar-refractivity contribution < 1.29 is 13.6 Å². The van der Waals surface area contributed by atoms with Gasteiger partial charge in [0.25, 0.3) is 0 Å². The number of carbonyl (C=O) groups excluding carboxylic acids is 1. The average molecular weight is 453 g/mol. The number of rotatable bonds is 4. The maximum atomic E-state index is 14.7. The zero-order chi connectivity index (χ0) is 22.5. The number of likely N-dealkylation sites (tertiary alicyclic amines) is 1. The molecule has 6 rings (SSSR count). The van der Waals surface area contributed by atoms with Gasteiger partial charge in [-0.15, -0.1) is 0 Å². The molecule has 2 aliphatic carbocycles. The van der Waals surface area contributed by atoms with Crippen molar-refractivity contribution in [2.75, 3.05) is 18.4 Å². The number of nitrogens with zero attached hydrogens (tertiary/aromatic N) is 4. The van der Waals surface area contributed by atoms with Gasteiger partial charge in [-0.05, 0) is 50.0 Å². The molecule has 0 radical (unpaired) electrons. The number of fused-ring (bicyclic) bond motifs is 3. The molecule has 2 bridgehead atoms. The van der Waals surface area contributed by atoms with Crippen molar-refractivity contribution >= 4 is 22.9 Å². The summed E-state index contributed by atoms with van der Waals surface area (Å²) < 4.78 is 28.4. The Morgan fingerprint density at radius 3 is 2.73 bits per heavy atom. The predicted molar refractivity (Wildman–Crippen MR) is 118 cm³/mol. The van der Waals surface area contributed by atoms with E-state index in [-0.39, 0.29) is 29.9 Å². The maximum Gasteiger partial charge on any atom is 0.317 e. The number of amides is 2.